The molecule has 5 rings (SSSR count). The maximum atomic E-state index is 13.2. The minimum atomic E-state index is -0.797. The number of aromatic nitrogens is 4. The molecule has 1 aliphatic heterocycles. The van der Waals surface area contributed by atoms with Crippen molar-refractivity contribution in [3.63, 3.8) is 0 Å². The molecule has 4 aromatic rings. The van der Waals surface area contributed by atoms with E-state index in [1.807, 2.05) is 0 Å². The number of carbonyl (C=O) groups excluding carboxylic acids is 1. The molecule has 168 valence electrons. The number of benzene rings is 2. The van der Waals surface area contributed by atoms with Gasteiger partial charge in [-0.25, -0.2) is 19.3 Å². The van der Waals surface area contributed by atoms with Crippen molar-refractivity contribution in [2.24, 2.45) is 12.8 Å². The van der Waals surface area contributed by atoms with E-state index >= 15 is 0 Å². The topological polar surface area (TPSA) is 133 Å². The molecule has 2 N–H and O–H groups in total. The van der Waals surface area contributed by atoms with Crippen LogP contribution in [0.3, 0.4) is 0 Å². The van der Waals surface area contributed by atoms with Gasteiger partial charge in [-0.3, -0.25) is 9.36 Å². The number of rotatable bonds is 5. The molecule has 3 heterocycles. The lowest BCUT2D eigenvalue weighted by molar-refractivity contribution is 0.0997. The molecule has 1 amide bonds. The number of nitrogens with zero attached hydrogens (tertiary/aromatic N) is 4. The van der Waals surface area contributed by atoms with Crippen LogP contribution in [-0.2, 0) is 7.05 Å². The molecule has 11 nitrogen and oxygen atoms in total. The van der Waals surface area contributed by atoms with E-state index < -0.39 is 11.6 Å². The number of methoxy groups -OCH3 is 2. The molecular formula is C22H19N5O6. The zero-order valence-electron chi connectivity index (χ0n) is 18.0. The van der Waals surface area contributed by atoms with Gasteiger partial charge in [-0.15, -0.1) is 0 Å². The highest BCUT2D eigenvalue weighted by Crippen LogP contribution is 2.35. The Hall–Kier alpha value is -4.54. The lowest BCUT2D eigenvalue weighted by atomic mass is 10.1. The molecule has 33 heavy (non-hydrogen) atoms. The summed E-state index contributed by atoms with van der Waals surface area (Å²) < 4.78 is 24.2. The molecule has 2 aromatic carbocycles. The van der Waals surface area contributed by atoms with Crippen molar-refractivity contribution in [1.82, 2.24) is 19.1 Å². The van der Waals surface area contributed by atoms with Crippen molar-refractivity contribution in [3.8, 4) is 40.1 Å². The second kappa shape index (κ2) is 7.55. The molecule has 0 fully saturated rings. The second-order valence-corrected chi connectivity index (χ2v) is 7.21. The van der Waals surface area contributed by atoms with Gasteiger partial charge in [0.15, 0.2) is 28.7 Å². The van der Waals surface area contributed by atoms with Crippen LogP contribution in [0.5, 0.6) is 23.0 Å². The standard InChI is InChI=1S/C22H19N5O6/c1-26-18-17(19(23)28)24-20(13-6-5-12(30-2)9-15(13)31-3)25-21(18)27(22(26)29)11-4-7-14-16(8-11)33-10-32-14/h4-9H,10H2,1-3H3,(H2,23,28). The minimum absolute atomic E-state index is 0.0908. The summed E-state index contributed by atoms with van der Waals surface area (Å²) in [6.45, 7) is 0.0959. The zero-order chi connectivity index (χ0) is 23.3. The van der Waals surface area contributed by atoms with Gasteiger partial charge < -0.3 is 24.7 Å². The van der Waals surface area contributed by atoms with E-state index in [2.05, 4.69) is 9.97 Å². The SMILES string of the molecule is COc1ccc(-c2nc(C(N)=O)c3c(n2)n(-c2ccc4c(c2)OCO4)c(=O)n3C)c(OC)c1. The van der Waals surface area contributed by atoms with E-state index in [1.54, 1.807) is 36.4 Å². The van der Waals surface area contributed by atoms with E-state index in [0.29, 0.717) is 34.2 Å². The molecule has 0 saturated carbocycles. The van der Waals surface area contributed by atoms with Crippen LogP contribution in [0, 0.1) is 0 Å². The first kappa shape index (κ1) is 20.4. The number of hydrogen-bond donors (Lipinski definition) is 1. The van der Waals surface area contributed by atoms with Gasteiger partial charge in [0.05, 0.1) is 25.5 Å². The normalized spacial score (nSPS) is 12.2. The minimum Gasteiger partial charge on any atom is -0.497 e. The fourth-order valence-corrected chi connectivity index (χ4v) is 3.78. The van der Waals surface area contributed by atoms with Gasteiger partial charge in [0.1, 0.15) is 17.0 Å². The van der Waals surface area contributed by atoms with Crippen molar-refractivity contribution in [2.45, 2.75) is 0 Å². The van der Waals surface area contributed by atoms with Crippen molar-refractivity contribution in [3.05, 3.63) is 52.6 Å². The summed E-state index contributed by atoms with van der Waals surface area (Å²) in [7, 11) is 4.56. The number of amides is 1. The first-order valence-corrected chi connectivity index (χ1v) is 9.84. The second-order valence-electron chi connectivity index (χ2n) is 7.21. The Morgan fingerprint density at radius 3 is 2.58 bits per heavy atom. The van der Waals surface area contributed by atoms with E-state index in [-0.39, 0.29) is 29.5 Å². The third kappa shape index (κ3) is 3.13. The largest absolute Gasteiger partial charge is 0.497 e. The average molecular weight is 449 g/mol. The highest BCUT2D eigenvalue weighted by atomic mass is 16.7. The maximum Gasteiger partial charge on any atom is 0.334 e. The third-order valence-electron chi connectivity index (χ3n) is 5.39. The predicted molar refractivity (Wildman–Crippen MR) is 117 cm³/mol. The Morgan fingerprint density at radius 2 is 1.85 bits per heavy atom. The van der Waals surface area contributed by atoms with Crippen LogP contribution >= 0.6 is 0 Å². The number of primary amides is 1. The summed E-state index contributed by atoms with van der Waals surface area (Å²) in [6.07, 6.45) is 0. The molecule has 0 saturated heterocycles. The smallest absolute Gasteiger partial charge is 0.334 e. The quantitative estimate of drug-likeness (QED) is 0.486. The first-order valence-electron chi connectivity index (χ1n) is 9.84. The number of nitrogens with two attached hydrogens (primary N) is 1. The molecule has 1 aliphatic rings. The van der Waals surface area contributed by atoms with Crippen molar-refractivity contribution in [2.75, 3.05) is 21.0 Å². The number of imidazole rings is 1. The van der Waals surface area contributed by atoms with E-state index in [9.17, 15) is 9.59 Å². The molecule has 0 aliphatic carbocycles. The summed E-state index contributed by atoms with van der Waals surface area (Å²) in [5.74, 6) is 1.44. The van der Waals surface area contributed by atoms with Crippen LogP contribution in [0.15, 0.2) is 41.2 Å². The van der Waals surface area contributed by atoms with Gasteiger partial charge in [-0.05, 0) is 24.3 Å². The molecular weight excluding hydrogens is 430 g/mol. The van der Waals surface area contributed by atoms with Crippen molar-refractivity contribution in [1.29, 1.82) is 0 Å². The Morgan fingerprint density at radius 1 is 1.06 bits per heavy atom. The van der Waals surface area contributed by atoms with Gasteiger partial charge in [-0.1, -0.05) is 0 Å². The third-order valence-corrected chi connectivity index (χ3v) is 5.39. The Bertz CT molecular complexity index is 1490. The van der Waals surface area contributed by atoms with Crippen LogP contribution in [0.2, 0.25) is 0 Å². The number of fused-ring (bicyclic) bond motifs is 2. The Kier molecular flexibility index (Phi) is 4.66. The summed E-state index contributed by atoms with van der Waals surface area (Å²) in [6, 6.07) is 10.2. The van der Waals surface area contributed by atoms with Crippen molar-refractivity contribution >= 4 is 17.1 Å². The summed E-state index contributed by atoms with van der Waals surface area (Å²) >= 11 is 0. The predicted octanol–water partition coefficient (Wildman–Crippen LogP) is 1.63. The van der Waals surface area contributed by atoms with Gasteiger partial charge in [0.2, 0.25) is 6.79 Å². The highest BCUT2D eigenvalue weighted by molar-refractivity contribution is 6.02. The van der Waals surface area contributed by atoms with Crippen LogP contribution in [0.25, 0.3) is 28.2 Å². The van der Waals surface area contributed by atoms with Crippen LogP contribution in [0.1, 0.15) is 10.5 Å². The first-order chi connectivity index (χ1) is 15.9. The lowest BCUT2D eigenvalue weighted by Crippen LogP contribution is -2.21. The van der Waals surface area contributed by atoms with Gasteiger partial charge in [-0.2, -0.15) is 0 Å². The summed E-state index contributed by atoms with van der Waals surface area (Å²) in [5.41, 5.74) is 6.52. The average Bonchev–Trinajstić information content (AvgIpc) is 3.39. The fraction of sp³-hybridized carbons (Fsp3) is 0.182. The molecule has 0 unspecified atom stereocenters. The van der Waals surface area contributed by atoms with E-state index in [0.717, 1.165) is 0 Å². The van der Waals surface area contributed by atoms with Gasteiger partial charge in [0, 0.05) is 19.2 Å². The van der Waals surface area contributed by atoms with Crippen LogP contribution in [0.4, 0.5) is 0 Å². The molecule has 0 spiro atoms. The van der Waals surface area contributed by atoms with Crippen molar-refractivity contribution < 1.29 is 23.7 Å². The molecule has 0 radical (unpaired) electrons. The summed E-state index contributed by atoms with van der Waals surface area (Å²) in [4.78, 5) is 34.6. The zero-order valence-corrected chi connectivity index (χ0v) is 18.0. The molecule has 0 bridgehead atoms. The maximum absolute atomic E-state index is 13.2. The monoisotopic (exact) mass is 449 g/mol. The van der Waals surface area contributed by atoms with E-state index in [1.165, 1.54) is 30.4 Å². The van der Waals surface area contributed by atoms with Crippen LogP contribution < -0.4 is 30.4 Å². The number of carbonyl (C=O) groups is 1. The molecule has 2 aromatic heterocycles. The molecule has 11 heteroatoms. The lowest BCUT2D eigenvalue weighted by Gasteiger charge is -2.11. The van der Waals surface area contributed by atoms with Gasteiger partial charge in [0.25, 0.3) is 5.91 Å². The number of aryl methyl sites for hydroxylation is 1. The van der Waals surface area contributed by atoms with Crippen LogP contribution in [-0.4, -0.2) is 46.0 Å². The molecule has 0 atom stereocenters. The number of hydrogen-bond acceptors (Lipinski definition) is 8. The van der Waals surface area contributed by atoms with E-state index in [4.69, 9.17) is 24.7 Å². The Balaban J connectivity index is 1.82. The highest BCUT2D eigenvalue weighted by Gasteiger charge is 2.25. The summed E-state index contributed by atoms with van der Waals surface area (Å²) in [5, 5.41) is 0. The number of ether oxygens (including phenoxy) is 4. The Labute approximate surface area is 186 Å². The fourth-order valence-electron chi connectivity index (χ4n) is 3.78. The van der Waals surface area contributed by atoms with Gasteiger partial charge >= 0.3 is 5.69 Å².